The van der Waals surface area contributed by atoms with Crippen molar-refractivity contribution in [3.63, 3.8) is 0 Å². The first kappa shape index (κ1) is 19.5. The van der Waals surface area contributed by atoms with Gasteiger partial charge in [-0.15, -0.1) is 11.6 Å². The Morgan fingerprint density at radius 3 is 2.23 bits per heavy atom. The highest BCUT2D eigenvalue weighted by molar-refractivity contribution is 6.31. The van der Waals surface area contributed by atoms with Crippen LogP contribution < -0.4 is 4.74 Å². The summed E-state index contributed by atoms with van der Waals surface area (Å²) in [6.45, 7) is 3.83. The van der Waals surface area contributed by atoms with Crippen molar-refractivity contribution in [1.29, 1.82) is 0 Å². The van der Waals surface area contributed by atoms with E-state index in [1.54, 1.807) is 55.6 Å². The first-order chi connectivity index (χ1) is 12.5. The number of amides is 1. The number of benzene rings is 2. The zero-order chi connectivity index (χ0) is 19.1. The van der Waals surface area contributed by atoms with Crippen LogP contribution in [-0.2, 0) is 20.9 Å². The van der Waals surface area contributed by atoms with Gasteiger partial charge in [0.2, 0.25) is 5.91 Å². The van der Waals surface area contributed by atoms with E-state index in [9.17, 15) is 9.59 Å². The minimum absolute atomic E-state index is 0.0742. The summed E-state index contributed by atoms with van der Waals surface area (Å²) >= 11 is 6.35. The Kier molecular flexibility index (Phi) is 6.81. The van der Waals surface area contributed by atoms with Crippen LogP contribution in [0.15, 0.2) is 66.9 Å². The van der Waals surface area contributed by atoms with Crippen molar-refractivity contribution < 1.29 is 19.1 Å². The maximum atomic E-state index is 12.9. The van der Waals surface area contributed by atoms with E-state index in [1.807, 2.05) is 6.07 Å². The smallest absolute Gasteiger partial charge is 0.354 e. The SMILES string of the molecule is C=C(C(=O)OC)N(Cc1ccc(OC)cc1)C(=O)C(Cl)c1ccccc1. The zero-order valence-electron chi connectivity index (χ0n) is 14.6. The van der Waals surface area contributed by atoms with Crippen LogP contribution in [-0.4, -0.2) is 31.0 Å². The van der Waals surface area contributed by atoms with Gasteiger partial charge >= 0.3 is 5.97 Å². The molecule has 0 N–H and O–H groups in total. The van der Waals surface area contributed by atoms with Crippen molar-refractivity contribution in [3.8, 4) is 5.75 Å². The molecule has 26 heavy (non-hydrogen) atoms. The number of methoxy groups -OCH3 is 2. The molecule has 136 valence electrons. The van der Waals surface area contributed by atoms with Crippen LogP contribution >= 0.6 is 11.6 Å². The maximum absolute atomic E-state index is 12.9. The van der Waals surface area contributed by atoms with Gasteiger partial charge in [-0.1, -0.05) is 49.0 Å². The molecule has 2 rings (SSSR count). The van der Waals surface area contributed by atoms with E-state index in [2.05, 4.69) is 6.58 Å². The van der Waals surface area contributed by atoms with Gasteiger partial charge in [0.1, 0.15) is 16.8 Å². The van der Waals surface area contributed by atoms with Gasteiger partial charge in [-0.05, 0) is 23.3 Å². The van der Waals surface area contributed by atoms with Gasteiger partial charge in [0.15, 0.2) is 0 Å². The van der Waals surface area contributed by atoms with Gasteiger partial charge in [-0.25, -0.2) is 4.79 Å². The van der Waals surface area contributed by atoms with Gasteiger partial charge in [0, 0.05) is 0 Å². The molecule has 0 aliphatic heterocycles. The molecule has 1 atom stereocenters. The highest BCUT2D eigenvalue weighted by Gasteiger charge is 2.29. The van der Waals surface area contributed by atoms with Crippen molar-refractivity contribution >= 4 is 23.5 Å². The predicted octanol–water partition coefficient (Wildman–Crippen LogP) is 3.69. The van der Waals surface area contributed by atoms with E-state index in [4.69, 9.17) is 21.1 Å². The molecule has 0 spiro atoms. The molecule has 0 fully saturated rings. The van der Waals surface area contributed by atoms with Gasteiger partial charge in [-0.2, -0.15) is 0 Å². The van der Waals surface area contributed by atoms with Crippen LogP contribution in [0.5, 0.6) is 5.75 Å². The molecular weight excluding hydrogens is 354 g/mol. The Balaban J connectivity index is 2.29. The van der Waals surface area contributed by atoms with Crippen molar-refractivity contribution in [2.45, 2.75) is 11.9 Å². The monoisotopic (exact) mass is 373 g/mol. The lowest BCUT2D eigenvalue weighted by atomic mass is 10.1. The van der Waals surface area contributed by atoms with Gasteiger partial charge < -0.3 is 14.4 Å². The molecule has 0 radical (unpaired) electrons. The first-order valence-electron chi connectivity index (χ1n) is 7.88. The van der Waals surface area contributed by atoms with E-state index in [1.165, 1.54) is 12.0 Å². The predicted molar refractivity (Wildman–Crippen MR) is 99.7 cm³/mol. The van der Waals surface area contributed by atoms with Crippen molar-refractivity contribution in [1.82, 2.24) is 4.90 Å². The number of carbonyl (C=O) groups excluding carboxylic acids is 2. The Morgan fingerprint density at radius 1 is 1.08 bits per heavy atom. The molecule has 0 heterocycles. The fourth-order valence-corrected chi connectivity index (χ4v) is 2.61. The molecular formula is C20H20ClNO4. The molecule has 0 saturated heterocycles. The summed E-state index contributed by atoms with van der Waals surface area (Å²) in [4.78, 5) is 26.1. The van der Waals surface area contributed by atoms with E-state index in [-0.39, 0.29) is 12.2 Å². The molecule has 1 unspecified atom stereocenters. The maximum Gasteiger partial charge on any atom is 0.354 e. The molecule has 5 nitrogen and oxygen atoms in total. The number of rotatable bonds is 7. The number of halogens is 1. The zero-order valence-corrected chi connectivity index (χ0v) is 15.4. The Labute approximate surface area is 157 Å². The fourth-order valence-electron chi connectivity index (χ4n) is 2.35. The third-order valence-electron chi connectivity index (χ3n) is 3.82. The number of nitrogens with zero attached hydrogens (tertiary/aromatic N) is 1. The fraction of sp³-hybridized carbons (Fsp3) is 0.200. The lowest BCUT2D eigenvalue weighted by Crippen LogP contribution is -2.35. The van der Waals surface area contributed by atoms with Crippen LogP contribution in [0.3, 0.4) is 0 Å². The average Bonchev–Trinajstić information content (AvgIpc) is 2.70. The van der Waals surface area contributed by atoms with Crippen LogP contribution in [0.1, 0.15) is 16.5 Å². The Hall–Kier alpha value is -2.79. The Morgan fingerprint density at radius 2 is 1.69 bits per heavy atom. The quantitative estimate of drug-likeness (QED) is 0.422. The van der Waals surface area contributed by atoms with Crippen LogP contribution in [0, 0.1) is 0 Å². The van der Waals surface area contributed by atoms with Crippen LogP contribution in [0.4, 0.5) is 0 Å². The van der Waals surface area contributed by atoms with E-state index < -0.39 is 17.3 Å². The molecule has 0 aromatic heterocycles. The van der Waals surface area contributed by atoms with Crippen LogP contribution in [0.2, 0.25) is 0 Å². The van der Waals surface area contributed by atoms with Crippen molar-refractivity contribution in [2.75, 3.05) is 14.2 Å². The summed E-state index contributed by atoms with van der Waals surface area (Å²) in [6.07, 6.45) is 0. The molecule has 2 aromatic rings. The number of esters is 1. The molecule has 0 aliphatic rings. The molecule has 0 saturated carbocycles. The summed E-state index contributed by atoms with van der Waals surface area (Å²) in [5.41, 5.74) is 1.35. The van der Waals surface area contributed by atoms with Crippen molar-refractivity contribution in [2.24, 2.45) is 0 Å². The third kappa shape index (κ3) is 4.64. The molecule has 0 aliphatic carbocycles. The molecule has 2 aromatic carbocycles. The second-order valence-corrected chi connectivity index (χ2v) is 5.92. The summed E-state index contributed by atoms with van der Waals surface area (Å²) < 4.78 is 9.83. The number of alkyl halides is 1. The number of hydrogen-bond donors (Lipinski definition) is 0. The van der Waals surface area contributed by atoms with Gasteiger partial charge in [-0.3, -0.25) is 4.79 Å². The highest BCUT2D eigenvalue weighted by atomic mass is 35.5. The van der Waals surface area contributed by atoms with Crippen LogP contribution in [0.25, 0.3) is 0 Å². The van der Waals surface area contributed by atoms with Crippen molar-refractivity contribution in [3.05, 3.63) is 78.0 Å². The second-order valence-electron chi connectivity index (χ2n) is 5.48. The second kappa shape index (κ2) is 9.06. The minimum atomic E-state index is -0.948. The molecule has 1 amide bonds. The summed E-state index contributed by atoms with van der Waals surface area (Å²) in [5, 5.41) is -0.948. The lowest BCUT2D eigenvalue weighted by Gasteiger charge is -2.25. The number of hydrogen-bond acceptors (Lipinski definition) is 4. The average molecular weight is 374 g/mol. The number of carbonyl (C=O) groups is 2. The number of ether oxygens (including phenoxy) is 2. The standard InChI is InChI=1S/C20H20ClNO4/c1-14(20(24)26-3)22(13-15-9-11-17(25-2)12-10-15)19(23)18(21)16-7-5-4-6-8-16/h4-12,18H,1,13H2,2-3H3. The van der Waals surface area contributed by atoms with E-state index in [0.29, 0.717) is 11.3 Å². The lowest BCUT2D eigenvalue weighted by molar-refractivity contribution is -0.142. The topological polar surface area (TPSA) is 55.8 Å². The van der Waals surface area contributed by atoms with Gasteiger partial charge in [0.25, 0.3) is 0 Å². The first-order valence-corrected chi connectivity index (χ1v) is 8.32. The van der Waals surface area contributed by atoms with E-state index >= 15 is 0 Å². The Bertz CT molecular complexity index is 774. The minimum Gasteiger partial charge on any atom is -0.497 e. The summed E-state index contributed by atoms with van der Waals surface area (Å²) in [6, 6.07) is 16.1. The largest absolute Gasteiger partial charge is 0.497 e. The van der Waals surface area contributed by atoms with Gasteiger partial charge in [0.05, 0.1) is 20.8 Å². The molecule has 6 heteroatoms. The summed E-state index contributed by atoms with van der Waals surface area (Å²) in [5.74, 6) is -0.453. The van der Waals surface area contributed by atoms with E-state index in [0.717, 1.165) is 5.56 Å². The third-order valence-corrected chi connectivity index (χ3v) is 4.26. The summed E-state index contributed by atoms with van der Waals surface area (Å²) in [7, 11) is 2.81. The highest BCUT2D eigenvalue weighted by Crippen LogP contribution is 2.26. The normalized spacial score (nSPS) is 11.3. The molecule has 0 bridgehead atoms.